The van der Waals surface area contributed by atoms with Crippen LogP contribution in [0.3, 0.4) is 0 Å². The van der Waals surface area contributed by atoms with Crippen molar-refractivity contribution in [1.82, 2.24) is 10.6 Å². The van der Waals surface area contributed by atoms with Gasteiger partial charge in [-0.1, -0.05) is 27.2 Å². The average molecular weight is 272 g/mol. The van der Waals surface area contributed by atoms with E-state index >= 15 is 0 Å². The van der Waals surface area contributed by atoms with Crippen LogP contribution in [0.1, 0.15) is 40.5 Å². The van der Waals surface area contributed by atoms with Gasteiger partial charge in [0.05, 0.1) is 5.92 Å². The van der Waals surface area contributed by atoms with Crippen molar-refractivity contribution in [2.45, 2.75) is 46.6 Å². The van der Waals surface area contributed by atoms with Crippen molar-refractivity contribution in [2.24, 2.45) is 11.8 Å². The van der Waals surface area contributed by atoms with E-state index in [1.165, 1.54) is 6.92 Å². The molecule has 0 rings (SSSR count). The van der Waals surface area contributed by atoms with Crippen LogP contribution in [0.15, 0.2) is 0 Å². The monoisotopic (exact) mass is 272 g/mol. The zero-order chi connectivity index (χ0) is 15.0. The Morgan fingerprint density at radius 1 is 1.21 bits per heavy atom. The molecule has 2 amide bonds. The van der Waals surface area contributed by atoms with Crippen LogP contribution < -0.4 is 10.6 Å². The fourth-order valence-electron chi connectivity index (χ4n) is 1.75. The van der Waals surface area contributed by atoms with Gasteiger partial charge < -0.3 is 15.7 Å². The Morgan fingerprint density at radius 2 is 1.79 bits per heavy atom. The highest BCUT2D eigenvalue weighted by Crippen LogP contribution is 2.06. The third kappa shape index (κ3) is 6.79. The summed E-state index contributed by atoms with van der Waals surface area (Å²) >= 11 is 0. The number of carbonyl (C=O) groups excluding carboxylic acids is 2. The Balaban J connectivity index is 4.46. The van der Waals surface area contributed by atoms with Crippen molar-refractivity contribution in [1.29, 1.82) is 0 Å². The van der Waals surface area contributed by atoms with Crippen molar-refractivity contribution < 1.29 is 19.5 Å². The van der Waals surface area contributed by atoms with Gasteiger partial charge in [-0.25, -0.2) is 0 Å². The topological polar surface area (TPSA) is 95.5 Å². The van der Waals surface area contributed by atoms with Gasteiger partial charge in [-0.3, -0.25) is 14.4 Å². The number of hydrogen-bond acceptors (Lipinski definition) is 3. The molecule has 3 N–H and O–H groups in total. The molecule has 0 saturated carbocycles. The van der Waals surface area contributed by atoms with E-state index in [0.29, 0.717) is 6.42 Å². The van der Waals surface area contributed by atoms with Crippen LogP contribution in [0.25, 0.3) is 0 Å². The third-order valence-electron chi connectivity index (χ3n) is 2.82. The summed E-state index contributed by atoms with van der Waals surface area (Å²) < 4.78 is 0. The minimum absolute atomic E-state index is 0.0571. The van der Waals surface area contributed by atoms with Gasteiger partial charge in [-0.15, -0.1) is 0 Å². The lowest BCUT2D eigenvalue weighted by Crippen LogP contribution is -2.50. The minimum atomic E-state index is -0.914. The van der Waals surface area contributed by atoms with E-state index in [2.05, 4.69) is 10.6 Å². The molecule has 0 radical (unpaired) electrons. The molecule has 6 heteroatoms. The molecule has 0 aliphatic carbocycles. The van der Waals surface area contributed by atoms with Gasteiger partial charge in [-0.2, -0.15) is 0 Å². The first kappa shape index (κ1) is 17.4. The van der Waals surface area contributed by atoms with Crippen molar-refractivity contribution in [2.75, 3.05) is 6.54 Å². The summed E-state index contributed by atoms with van der Waals surface area (Å²) in [4.78, 5) is 33.9. The Kier molecular flexibility index (Phi) is 7.79. The average Bonchev–Trinajstić information content (AvgIpc) is 2.30. The molecular weight excluding hydrogens is 248 g/mol. The Bertz CT molecular complexity index is 329. The SMILES string of the molecule is CCCC(CNC(=O)C(NC(C)=O)C(C)C)C(=O)O. The van der Waals surface area contributed by atoms with E-state index in [0.717, 1.165) is 6.42 Å². The summed E-state index contributed by atoms with van der Waals surface area (Å²) in [5.41, 5.74) is 0. The number of carbonyl (C=O) groups is 3. The standard InChI is InChI=1S/C13H24N2O4/c1-5-6-10(13(18)19)7-14-12(17)11(8(2)3)15-9(4)16/h8,10-11H,5-7H2,1-4H3,(H,14,17)(H,15,16)(H,18,19). The number of rotatable bonds is 8. The first-order valence-electron chi connectivity index (χ1n) is 6.57. The fraction of sp³-hybridized carbons (Fsp3) is 0.769. The lowest BCUT2D eigenvalue weighted by Gasteiger charge is -2.22. The molecular formula is C13H24N2O4. The summed E-state index contributed by atoms with van der Waals surface area (Å²) in [6, 6.07) is -0.631. The third-order valence-corrected chi connectivity index (χ3v) is 2.82. The molecule has 0 aromatic rings. The van der Waals surface area contributed by atoms with E-state index in [9.17, 15) is 14.4 Å². The summed E-state index contributed by atoms with van der Waals surface area (Å²) in [6.07, 6.45) is 1.26. The van der Waals surface area contributed by atoms with E-state index in [-0.39, 0.29) is 24.3 Å². The van der Waals surface area contributed by atoms with Gasteiger partial charge in [0, 0.05) is 13.5 Å². The number of aliphatic carboxylic acids is 1. The van der Waals surface area contributed by atoms with Gasteiger partial charge in [0.1, 0.15) is 6.04 Å². The molecule has 0 aromatic heterocycles. The van der Waals surface area contributed by atoms with Gasteiger partial charge >= 0.3 is 5.97 Å². The summed E-state index contributed by atoms with van der Waals surface area (Å²) in [7, 11) is 0. The quantitative estimate of drug-likeness (QED) is 0.608. The number of hydrogen-bond donors (Lipinski definition) is 3. The van der Waals surface area contributed by atoms with Gasteiger partial charge in [0.2, 0.25) is 11.8 Å². The number of nitrogens with one attached hydrogen (secondary N) is 2. The van der Waals surface area contributed by atoms with Gasteiger partial charge in [0.15, 0.2) is 0 Å². The molecule has 6 nitrogen and oxygen atoms in total. The molecule has 0 bridgehead atoms. The van der Waals surface area contributed by atoms with Crippen LogP contribution in [0.2, 0.25) is 0 Å². The largest absolute Gasteiger partial charge is 0.481 e. The number of carboxylic acid groups (broad SMARTS) is 1. The van der Waals surface area contributed by atoms with Crippen LogP contribution in [0.4, 0.5) is 0 Å². The lowest BCUT2D eigenvalue weighted by atomic mass is 10.0. The Labute approximate surface area is 113 Å². The maximum Gasteiger partial charge on any atom is 0.308 e. The molecule has 0 aromatic carbocycles. The number of amides is 2. The maximum atomic E-state index is 11.9. The second-order valence-corrected chi connectivity index (χ2v) is 4.99. The summed E-state index contributed by atoms with van der Waals surface area (Å²) in [6.45, 7) is 6.97. The van der Waals surface area contributed by atoms with Crippen molar-refractivity contribution in [3.63, 3.8) is 0 Å². The fourth-order valence-corrected chi connectivity index (χ4v) is 1.75. The second kappa shape index (κ2) is 8.50. The van der Waals surface area contributed by atoms with Crippen LogP contribution in [-0.2, 0) is 14.4 Å². The van der Waals surface area contributed by atoms with Crippen LogP contribution in [-0.4, -0.2) is 35.5 Å². The highest BCUT2D eigenvalue weighted by atomic mass is 16.4. The smallest absolute Gasteiger partial charge is 0.308 e. The molecule has 0 aliphatic heterocycles. The molecule has 0 fully saturated rings. The molecule has 2 atom stereocenters. The van der Waals surface area contributed by atoms with Crippen LogP contribution in [0, 0.1) is 11.8 Å². The molecule has 2 unspecified atom stereocenters. The van der Waals surface area contributed by atoms with Gasteiger partial charge in [0.25, 0.3) is 0 Å². The van der Waals surface area contributed by atoms with Crippen LogP contribution >= 0.6 is 0 Å². The van der Waals surface area contributed by atoms with E-state index < -0.39 is 17.9 Å². The maximum absolute atomic E-state index is 11.9. The first-order valence-corrected chi connectivity index (χ1v) is 6.57. The molecule has 110 valence electrons. The molecule has 19 heavy (non-hydrogen) atoms. The highest BCUT2D eigenvalue weighted by Gasteiger charge is 2.24. The lowest BCUT2D eigenvalue weighted by molar-refractivity contribution is -0.142. The van der Waals surface area contributed by atoms with Crippen molar-refractivity contribution in [3.8, 4) is 0 Å². The summed E-state index contributed by atoms with van der Waals surface area (Å²) in [5, 5.41) is 14.2. The first-order chi connectivity index (χ1) is 8.79. The second-order valence-electron chi connectivity index (χ2n) is 4.99. The predicted octanol–water partition coefficient (Wildman–Crippen LogP) is 0.764. The van der Waals surface area contributed by atoms with Crippen molar-refractivity contribution >= 4 is 17.8 Å². The Hall–Kier alpha value is -1.59. The number of carboxylic acids is 1. The molecule has 0 saturated heterocycles. The highest BCUT2D eigenvalue weighted by molar-refractivity contribution is 5.87. The Morgan fingerprint density at radius 3 is 2.16 bits per heavy atom. The molecule has 0 aliphatic rings. The minimum Gasteiger partial charge on any atom is -0.481 e. The molecule has 0 spiro atoms. The van der Waals surface area contributed by atoms with Crippen LogP contribution in [0.5, 0.6) is 0 Å². The van der Waals surface area contributed by atoms with Gasteiger partial charge in [-0.05, 0) is 12.3 Å². The van der Waals surface area contributed by atoms with Crippen molar-refractivity contribution in [3.05, 3.63) is 0 Å². The zero-order valence-electron chi connectivity index (χ0n) is 12.0. The van der Waals surface area contributed by atoms with E-state index in [1.54, 1.807) is 0 Å². The summed E-state index contributed by atoms with van der Waals surface area (Å²) in [5.74, 6) is -2.18. The molecule has 0 heterocycles. The zero-order valence-corrected chi connectivity index (χ0v) is 12.0. The van der Waals surface area contributed by atoms with E-state index in [1.807, 2.05) is 20.8 Å². The predicted molar refractivity (Wildman–Crippen MR) is 71.5 cm³/mol. The van der Waals surface area contributed by atoms with E-state index in [4.69, 9.17) is 5.11 Å². The normalized spacial score (nSPS) is 13.7.